The van der Waals surface area contributed by atoms with E-state index in [-0.39, 0.29) is 17.0 Å². The first kappa shape index (κ1) is 14.8. The Hall–Kier alpha value is -1.64. The van der Waals surface area contributed by atoms with Crippen molar-refractivity contribution in [2.45, 2.75) is 18.2 Å². The van der Waals surface area contributed by atoms with Gasteiger partial charge in [-0.2, -0.15) is 0 Å². The molecule has 1 aromatic carbocycles. The van der Waals surface area contributed by atoms with Crippen LogP contribution in [0.25, 0.3) is 11.1 Å². The number of H-pyrrole nitrogens is 1. The topological polar surface area (TPSA) is 101 Å². The zero-order chi connectivity index (χ0) is 14.6. The summed E-state index contributed by atoms with van der Waals surface area (Å²) in [6, 6.07) is 4.23. The first-order valence-electron chi connectivity index (χ1n) is 6.23. The second-order valence-electron chi connectivity index (χ2n) is 4.12. The first-order valence-corrected chi connectivity index (χ1v) is 7.71. The van der Waals surface area contributed by atoms with E-state index in [1.54, 1.807) is 0 Å². The van der Waals surface area contributed by atoms with Gasteiger partial charge in [0, 0.05) is 25.8 Å². The third-order valence-corrected chi connectivity index (χ3v) is 4.12. The van der Waals surface area contributed by atoms with Gasteiger partial charge in [0.1, 0.15) is 0 Å². The number of aromatic amines is 1. The predicted octanol–water partition coefficient (Wildman–Crippen LogP) is 0.826. The Morgan fingerprint density at radius 1 is 1.40 bits per heavy atom. The molecular weight excluding hydrogens is 284 g/mol. The minimum Gasteiger partial charge on any atom is -0.408 e. The fraction of sp³-hybridized carbons (Fsp3) is 0.417. The van der Waals surface area contributed by atoms with Crippen molar-refractivity contribution in [3.05, 3.63) is 28.7 Å². The number of benzene rings is 1. The lowest BCUT2D eigenvalue weighted by Gasteiger charge is -2.06. The highest BCUT2D eigenvalue weighted by Crippen LogP contribution is 2.16. The maximum atomic E-state index is 12.0. The minimum atomic E-state index is -3.61. The van der Waals surface area contributed by atoms with Gasteiger partial charge in [-0.3, -0.25) is 4.98 Å². The van der Waals surface area contributed by atoms with Gasteiger partial charge >= 0.3 is 5.76 Å². The Labute approximate surface area is 116 Å². The molecule has 2 N–H and O–H groups in total. The summed E-state index contributed by atoms with van der Waals surface area (Å²) in [6.45, 7) is 3.28. The molecule has 0 spiro atoms. The maximum absolute atomic E-state index is 12.0. The smallest absolute Gasteiger partial charge is 0.408 e. The van der Waals surface area contributed by atoms with Crippen molar-refractivity contribution >= 4 is 21.1 Å². The summed E-state index contributed by atoms with van der Waals surface area (Å²) in [7, 11) is -3.61. The van der Waals surface area contributed by atoms with Crippen molar-refractivity contribution in [1.29, 1.82) is 0 Å². The predicted molar refractivity (Wildman–Crippen MR) is 73.1 cm³/mol. The molecule has 0 aliphatic heterocycles. The first-order chi connectivity index (χ1) is 9.53. The van der Waals surface area contributed by atoms with Gasteiger partial charge in [-0.05, 0) is 25.5 Å². The van der Waals surface area contributed by atoms with E-state index in [1.807, 2.05) is 6.92 Å². The van der Waals surface area contributed by atoms with E-state index < -0.39 is 15.8 Å². The van der Waals surface area contributed by atoms with Crippen LogP contribution in [0.3, 0.4) is 0 Å². The Morgan fingerprint density at radius 2 is 2.20 bits per heavy atom. The summed E-state index contributed by atoms with van der Waals surface area (Å²) < 4.78 is 36.5. The standard InChI is InChI=1S/C12H16N2O5S/c1-2-18-7-3-6-13-20(16,17)9-4-5-10-11(8-9)19-12(15)14-10/h4-5,8,13H,2-3,6-7H2,1H3,(H,14,15). The second kappa shape index (κ2) is 6.21. The molecule has 2 rings (SSSR count). The summed E-state index contributed by atoms with van der Waals surface area (Å²) in [4.78, 5) is 13.5. The molecule has 0 aliphatic rings. The highest BCUT2D eigenvalue weighted by Gasteiger charge is 2.15. The van der Waals surface area contributed by atoms with Crippen molar-refractivity contribution < 1.29 is 17.6 Å². The summed E-state index contributed by atoms with van der Waals surface area (Å²) in [5, 5.41) is 0. The number of fused-ring (bicyclic) bond motifs is 1. The molecule has 0 aliphatic carbocycles. The molecule has 110 valence electrons. The van der Waals surface area contributed by atoms with Gasteiger partial charge < -0.3 is 9.15 Å². The molecule has 0 saturated carbocycles. The van der Waals surface area contributed by atoms with Gasteiger partial charge in [-0.25, -0.2) is 17.9 Å². The summed E-state index contributed by atoms with van der Waals surface area (Å²) >= 11 is 0. The largest absolute Gasteiger partial charge is 0.417 e. The average Bonchev–Trinajstić information content (AvgIpc) is 2.77. The fourth-order valence-electron chi connectivity index (χ4n) is 1.70. The molecule has 0 unspecified atom stereocenters. The molecule has 1 aromatic heterocycles. The molecule has 0 atom stereocenters. The van der Waals surface area contributed by atoms with Crippen LogP contribution < -0.4 is 10.5 Å². The van der Waals surface area contributed by atoms with Crippen molar-refractivity contribution in [3.8, 4) is 0 Å². The lowest BCUT2D eigenvalue weighted by Crippen LogP contribution is -2.25. The molecular formula is C12H16N2O5S. The highest BCUT2D eigenvalue weighted by molar-refractivity contribution is 7.89. The van der Waals surface area contributed by atoms with Crippen LogP contribution in [-0.4, -0.2) is 33.2 Å². The Morgan fingerprint density at radius 3 is 2.95 bits per heavy atom. The van der Waals surface area contributed by atoms with Gasteiger partial charge in [-0.1, -0.05) is 0 Å². The lowest BCUT2D eigenvalue weighted by molar-refractivity contribution is 0.146. The van der Waals surface area contributed by atoms with E-state index >= 15 is 0 Å². The van der Waals surface area contributed by atoms with E-state index in [4.69, 9.17) is 9.15 Å². The van der Waals surface area contributed by atoms with Gasteiger partial charge in [0.25, 0.3) is 0 Å². The van der Waals surface area contributed by atoms with E-state index in [0.29, 0.717) is 25.2 Å². The molecule has 0 bridgehead atoms. The molecule has 7 nitrogen and oxygen atoms in total. The van der Waals surface area contributed by atoms with E-state index in [9.17, 15) is 13.2 Å². The van der Waals surface area contributed by atoms with Crippen LogP contribution in [0, 0.1) is 0 Å². The van der Waals surface area contributed by atoms with Crippen molar-refractivity contribution in [3.63, 3.8) is 0 Å². The van der Waals surface area contributed by atoms with E-state index in [1.165, 1.54) is 18.2 Å². The zero-order valence-corrected chi connectivity index (χ0v) is 11.8. The third-order valence-electron chi connectivity index (χ3n) is 2.66. The number of sulfonamides is 1. The average molecular weight is 300 g/mol. The Balaban J connectivity index is 2.08. The number of oxazole rings is 1. The van der Waals surface area contributed by atoms with Crippen molar-refractivity contribution in [2.75, 3.05) is 19.8 Å². The molecule has 8 heteroatoms. The molecule has 0 amide bonds. The normalized spacial score (nSPS) is 12.1. The zero-order valence-electron chi connectivity index (χ0n) is 11.0. The maximum Gasteiger partial charge on any atom is 0.417 e. The van der Waals surface area contributed by atoms with E-state index in [0.717, 1.165) is 0 Å². The van der Waals surface area contributed by atoms with Crippen LogP contribution in [0.1, 0.15) is 13.3 Å². The SMILES string of the molecule is CCOCCCNS(=O)(=O)c1ccc2[nH]c(=O)oc2c1. The summed E-state index contributed by atoms with van der Waals surface area (Å²) in [5.74, 6) is -0.612. The van der Waals surface area contributed by atoms with Crippen LogP contribution in [0.15, 0.2) is 32.3 Å². The number of aromatic nitrogens is 1. The molecule has 0 fully saturated rings. The number of nitrogens with one attached hydrogen (secondary N) is 2. The van der Waals surface area contributed by atoms with Gasteiger partial charge in [0.05, 0.1) is 10.4 Å². The van der Waals surface area contributed by atoms with Crippen LogP contribution >= 0.6 is 0 Å². The van der Waals surface area contributed by atoms with Gasteiger partial charge in [0.2, 0.25) is 10.0 Å². The molecule has 1 heterocycles. The fourth-order valence-corrected chi connectivity index (χ4v) is 2.79. The van der Waals surface area contributed by atoms with E-state index in [2.05, 4.69) is 9.71 Å². The quantitative estimate of drug-likeness (QED) is 0.737. The van der Waals surface area contributed by atoms with Crippen LogP contribution in [0.4, 0.5) is 0 Å². The highest BCUT2D eigenvalue weighted by atomic mass is 32.2. The summed E-state index contributed by atoms with van der Waals surface area (Å²) in [6.07, 6.45) is 0.592. The number of hydrogen-bond donors (Lipinski definition) is 2. The van der Waals surface area contributed by atoms with Crippen molar-refractivity contribution in [1.82, 2.24) is 9.71 Å². The monoisotopic (exact) mass is 300 g/mol. The molecule has 0 saturated heterocycles. The molecule has 20 heavy (non-hydrogen) atoms. The number of hydrogen-bond acceptors (Lipinski definition) is 5. The molecule has 2 aromatic rings. The number of rotatable bonds is 7. The van der Waals surface area contributed by atoms with Gasteiger partial charge in [-0.15, -0.1) is 0 Å². The lowest BCUT2D eigenvalue weighted by atomic mass is 10.3. The van der Waals surface area contributed by atoms with Crippen LogP contribution in [0.2, 0.25) is 0 Å². The third kappa shape index (κ3) is 3.47. The van der Waals surface area contributed by atoms with Crippen LogP contribution in [-0.2, 0) is 14.8 Å². The van der Waals surface area contributed by atoms with Gasteiger partial charge in [0.15, 0.2) is 5.58 Å². The number of ether oxygens (including phenoxy) is 1. The Kier molecular flexibility index (Phi) is 4.58. The minimum absolute atomic E-state index is 0.0594. The Bertz CT molecular complexity index is 732. The second-order valence-corrected chi connectivity index (χ2v) is 5.89. The molecule has 0 radical (unpaired) electrons. The van der Waals surface area contributed by atoms with Crippen molar-refractivity contribution in [2.24, 2.45) is 0 Å². The van der Waals surface area contributed by atoms with Crippen LogP contribution in [0.5, 0.6) is 0 Å². The summed E-state index contributed by atoms with van der Waals surface area (Å²) in [5.41, 5.74) is 0.678.